The molecule has 0 aromatic heterocycles. The summed E-state index contributed by atoms with van der Waals surface area (Å²) in [5, 5.41) is 0. The Kier molecular flexibility index (Phi) is 8.46. The predicted molar refractivity (Wildman–Crippen MR) is 136 cm³/mol. The van der Waals surface area contributed by atoms with Crippen LogP contribution < -0.4 is 0 Å². The van der Waals surface area contributed by atoms with E-state index in [0.29, 0.717) is 5.56 Å². The quantitative estimate of drug-likeness (QED) is 0.231. The molecule has 3 aromatic carbocycles. The number of hydrogen-bond donors (Lipinski definition) is 0. The lowest BCUT2D eigenvalue weighted by molar-refractivity contribution is 0.199. The molecule has 33 heavy (non-hydrogen) atoms. The lowest BCUT2D eigenvalue weighted by atomic mass is 9.93. The van der Waals surface area contributed by atoms with Gasteiger partial charge in [0.05, 0.1) is 0 Å². The van der Waals surface area contributed by atoms with Crippen LogP contribution in [0.4, 0.5) is 8.78 Å². The molecule has 0 bridgehead atoms. The van der Waals surface area contributed by atoms with Gasteiger partial charge in [-0.15, -0.1) is 0 Å². The molecular formula is C29H34F2OSi. The molecule has 1 saturated heterocycles. The average Bonchev–Trinajstić information content (AvgIpc) is 2.86. The molecule has 0 radical (unpaired) electrons. The minimum atomic E-state index is -0.817. The number of methoxy groups -OCH3 is 1. The molecule has 0 N–H and O–H groups in total. The molecule has 1 heterocycles. The van der Waals surface area contributed by atoms with E-state index in [9.17, 15) is 8.78 Å². The van der Waals surface area contributed by atoms with Crippen molar-refractivity contribution in [2.75, 3.05) is 13.7 Å². The molecule has 1 aliphatic heterocycles. The largest absolute Gasteiger partial charge is 0.385 e. The van der Waals surface area contributed by atoms with Gasteiger partial charge in [-0.2, -0.15) is 0 Å². The van der Waals surface area contributed by atoms with Gasteiger partial charge in [0, 0.05) is 22.5 Å². The first-order valence-electron chi connectivity index (χ1n) is 12.3. The second-order valence-corrected chi connectivity index (χ2v) is 12.9. The van der Waals surface area contributed by atoms with Crippen LogP contribution in [0.5, 0.6) is 0 Å². The predicted octanol–water partition coefficient (Wildman–Crippen LogP) is 7.91. The Morgan fingerprint density at radius 3 is 1.97 bits per heavy atom. The van der Waals surface area contributed by atoms with E-state index >= 15 is 0 Å². The molecule has 0 atom stereocenters. The summed E-state index contributed by atoms with van der Waals surface area (Å²) >= 11 is 0. The Morgan fingerprint density at radius 2 is 1.36 bits per heavy atom. The Bertz CT molecular complexity index is 1010. The number of halogens is 2. The zero-order chi connectivity index (χ0) is 23.0. The van der Waals surface area contributed by atoms with E-state index in [2.05, 4.69) is 24.3 Å². The van der Waals surface area contributed by atoms with E-state index in [-0.39, 0.29) is 0 Å². The minimum absolute atomic E-state index is 0.481. The molecule has 4 rings (SSSR count). The molecule has 0 saturated carbocycles. The number of hydrogen-bond acceptors (Lipinski definition) is 1. The summed E-state index contributed by atoms with van der Waals surface area (Å²) in [5.41, 5.74) is 5.28. The maximum atomic E-state index is 13.5. The van der Waals surface area contributed by atoms with Crippen LogP contribution in [0.2, 0.25) is 18.1 Å². The highest BCUT2D eigenvalue weighted by molar-refractivity contribution is 6.58. The van der Waals surface area contributed by atoms with Crippen LogP contribution in [-0.2, 0) is 11.2 Å². The third-order valence-electron chi connectivity index (χ3n) is 7.19. The Hall–Kier alpha value is -2.30. The minimum Gasteiger partial charge on any atom is -0.385 e. The van der Waals surface area contributed by atoms with Crippen LogP contribution in [-0.4, -0.2) is 22.5 Å². The first-order valence-corrected chi connectivity index (χ1v) is 14.7. The van der Waals surface area contributed by atoms with Crippen molar-refractivity contribution < 1.29 is 13.5 Å². The summed E-state index contributed by atoms with van der Waals surface area (Å²) in [4.78, 5) is 0. The smallest absolute Gasteiger partial charge is 0.159 e. The topological polar surface area (TPSA) is 9.23 Å². The van der Waals surface area contributed by atoms with Gasteiger partial charge in [0.15, 0.2) is 11.6 Å². The number of rotatable bonds is 9. The van der Waals surface area contributed by atoms with E-state index in [1.807, 2.05) is 24.3 Å². The fourth-order valence-electron chi connectivity index (χ4n) is 5.09. The first-order chi connectivity index (χ1) is 16.1. The molecule has 0 spiro atoms. The normalized spacial score (nSPS) is 18.4. The SMILES string of the molecule is COCCC[Si@H]1CC[C@H](CCc2ccc(-c3ccc(-c4ccc(F)c(F)c4)cc3)cc2)CC1. The average molecular weight is 465 g/mol. The second-order valence-electron chi connectivity index (χ2n) is 9.46. The summed E-state index contributed by atoms with van der Waals surface area (Å²) in [7, 11) is 1.32. The monoisotopic (exact) mass is 464 g/mol. The highest BCUT2D eigenvalue weighted by Crippen LogP contribution is 2.31. The molecule has 3 aromatic rings. The van der Waals surface area contributed by atoms with Gasteiger partial charge in [0.25, 0.3) is 0 Å². The second kappa shape index (κ2) is 11.7. The van der Waals surface area contributed by atoms with Crippen molar-refractivity contribution in [1.29, 1.82) is 0 Å². The van der Waals surface area contributed by atoms with Gasteiger partial charge in [-0.3, -0.25) is 0 Å². The summed E-state index contributed by atoms with van der Waals surface area (Å²) < 4.78 is 31.9. The van der Waals surface area contributed by atoms with Crippen molar-refractivity contribution >= 4 is 8.80 Å². The van der Waals surface area contributed by atoms with Gasteiger partial charge in [0.1, 0.15) is 0 Å². The van der Waals surface area contributed by atoms with Crippen LogP contribution >= 0.6 is 0 Å². The van der Waals surface area contributed by atoms with Gasteiger partial charge in [0.2, 0.25) is 0 Å². The first kappa shape index (κ1) is 23.8. The Labute approximate surface area is 198 Å². The van der Waals surface area contributed by atoms with Crippen molar-refractivity contribution in [3.63, 3.8) is 0 Å². The summed E-state index contributed by atoms with van der Waals surface area (Å²) in [6, 6.07) is 25.4. The van der Waals surface area contributed by atoms with Crippen LogP contribution in [0.15, 0.2) is 66.7 Å². The molecule has 1 aliphatic rings. The Balaban J connectivity index is 1.27. The van der Waals surface area contributed by atoms with E-state index < -0.39 is 20.4 Å². The van der Waals surface area contributed by atoms with Crippen molar-refractivity contribution in [3.05, 3.63) is 83.9 Å². The van der Waals surface area contributed by atoms with Gasteiger partial charge in [-0.05, 0) is 65.1 Å². The van der Waals surface area contributed by atoms with E-state index in [0.717, 1.165) is 30.1 Å². The molecule has 0 aliphatic carbocycles. The van der Waals surface area contributed by atoms with Crippen LogP contribution in [0, 0.1) is 17.6 Å². The maximum Gasteiger partial charge on any atom is 0.159 e. The molecule has 4 heteroatoms. The van der Waals surface area contributed by atoms with Gasteiger partial charge >= 0.3 is 0 Å². The third-order valence-corrected chi connectivity index (χ3v) is 10.7. The highest BCUT2D eigenvalue weighted by Gasteiger charge is 2.21. The molecule has 0 unspecified atom stereocenters. The number of aryl methyl sites for hydroxylation is 1. The number of ether oxygens (including phenoxy) is 1. The summed E-state index contributed by atoms with van der Waals surface area (Å²) in [5.74, 6) is -0.730. The van der Waals surface area contributed by atoms with Crippen LogP contribution in [0.3, 0.4) is 0 Å². The zero-order valence-electron chi connectivity index (χ0n) is 19.5. The fraction of sp³-hybridized carbons (Fsp3) is 0.379. The fourth-order valence-corrected chi connectivity index (χ4v) is 8.59. The van der Waals surface area contributed by atoms with Crippen LogP contribution in [0.1, 0.15) is 31.2 Å². The molecule has 1 fully saturated rings. The van der Waals surface area contributed by atoms with E-state index in [1.54, 1.807) is 13.2 Å². The van der Waals surface area contributed by atoms with Crippen molar-refractivity contribution in [2.45, 2.75) is 50.2 Å². The van der Waals surface area contributed by atoms with Crippen molar-refractivity contribution in [3.8, 4) is 22.3 Å². The molecule has 0 amide bonds. The van der Waals surface area contributed by atoms with Crippen LogP contribution in [0.25, 0.3) is 22.3 Å². The van der Waals surface area contributed by atoms with Gasteiger partial charge in [-0.1, -0.05) is 85.6 Å². The lowest BCUT2D eigenvalue weighted by Crippen LogP contribution is -2.22. The zero-order valence-corrected chi connectivity index (χ0v) is 20.7. The Morgan fingerprint density at radius 1 is 0.788 bits per heavy atom. The van der Waals surface area contributed by atoms with Crippen molar-refractivity contribution in [2.24, 2.45) is 5.92 Å². The lowest BCUT2D eigenvalue weighted by Gasteiger charge is -2.27. The van der Waals surface area contributed by atoms with Gasteiger partial charge < -0.3 is 4.74 Å². The third kappa shape index (κ3) is 6.61. The summed E-state index contributed by atoms with van der Waals surface area (Å²) in [6.07, 6.45) is 6.60. The van der Waals surface area contributed by atoms with Crippen molar-refractivity contribution in [1.82, 2.24) is 0 Å². The number of benzene rings is 3. The standard InChI is InChI=1S/C29H34F2OSi/c1-32-17-2-18-33-19-15-23(16-20-33)4-3-22-5-7-24(8-6-22)25-9-11-26(12-10-25)27-13-14-28(30)29(31)21-27/h5-14,21,23,33H,2-4,15-20H2,1H3/t23-,33-. The highest BCUT2D eigenvalue weighted by atomic mass is 28.3. The van der Waals surface area contributed by atoms with Gasteiger partial charge in [-0.25, -0.2) is 8.78 Å². The molecular weight excluding hydrogens is 430 g/mol. The molecule has 174 valence electrons. The molecule has 1 nitrogen and oxygen atoms in total. The maximum absolute atomic E-state index is 13.5. The van der Waals surface area contributed by atoms with E-state index in [4.69, 9.17) is 4.74 Å². The van der Waals surface area contributed by atoms with E-state index in [1.165, 1.54) is 67.1 Å². The summed E-state index contributed by atoms with van der Waals surface area (Å²) in [6.45, 7) is 0.932.